The lowest BCUT2D eigenvalue weighted by Gasteiger charge is -2.44. The quantitative estimate of drug-likeness (QED) is 0.627. The number of rotatable bonds is 8. The number of carbonyl (C=O) groups is 2. The molecular weight excluding hydrogens is 320 g/mol. The number of nitrogens with zero attached hydrogens (tertiary/aromatic N) is 2. The van der Waals surface area contributed by atoms with Crippen LogP contribution in [-0.4, -0.2) is 60.8 Å². The van der Waals surface area contributed by atoms with Crippen LogP contribution in [0.1, 0.15) is 59.3 Å². The van der Waals surface area contributed by atoms with E-state index in [2.05, 4.69) is 18.9 Å². The van der Waals surface area contributed by atoms with Crippen molar-refractivity contribution in [1.82, 2.24) is 10.0 Å². The molecular formula is C19H34N2O4. The normalized spacial score (nSPS) is 26.3. The summed E-state index contributed by atoms with van der Waals surface area (Å²) in [6.45, 7) is 7.94. The van der Waals surface area contributed by atoms with E-state index in [0.717, 1.165) is 45.2 Å². The summed E-state index contributed by atoms with van der Waals surface area (Å²) >= 11 is 0. The van der Waals surface area contributed by atoms with E-state index >= 15 is 0 Å². The first-order chi connectivity index (χ1) is 11.9. The molecule has 2 saturated heterocycles. The molecule has 0 aromatic rings. The topological polar surface area (TPSA) is 59.1 Å². The van der Waals surface area contributed by atoms with Gasteiger partial charge in [-0.25, -0.2) is 5.01 Å². The Labute approximate surface area is 151 Å². The Hall–Kier alpha value is -1.14. The van der Waals surface area contributed by atoms with Crippen LogP contribution in [-0.2, 0) is 19.1 Å². The van der Waals surface area contributed by atoms with Crippen molar-refractivity contribution in [2.24, 2.45) is 11.8 Å². The van der Waals surface area contributed by atoms with Crippen molar-refractivity contribution in [3.05, 3.63) is 0 Å². The number of esters is 1. The highest BCUT2D eigenvalue weighted by Crippen LogP contribution is 2.38. The van der Waals surface area contributed by atoms with Crippen molar-refractivity contribution in [3.8, 4) is 0 Å². The summed E-state index contributed by atoms with van der Waals surface area (Å²) in [4.78, 5) is 24.6. The third-order valence-corrected chi connectivity index (χ3v) is 6.37. The molecule has 2 fully saturated rings. The third-order valence-electron chi connectivity index (χ3n) is 6.37. The van der Waals surface area contributed by atoms with Gasteiger partial charge in [-0.05, 0) is 38.0 Å². The summed E-state index contributed by atoms with van der Waals surface area (Å²) in [6, 6.07) is 0.242. The average Bonchev–Trinajstić information content (AvgIpc) is 3.24. The maximum Gasteiger partial charge on any atom is 0.305 e. The van der Waals surface area contributed by atoms with Crippen LogP contribution in [0.15, 0.2) is 0 Å². The van der Waals surface area contributed by atoms with E-state index in [1.807, 2.05) is 11.9 Å². The molecule has 0 spiro atoms. The first-order valence-electron chi connectivity index (χ1n) is 9.63. The summed E-state index contributed by atoms with van der Waals surface area (Å²) in [7, 11) is 3.18. The number of hydrogen-bond donors (Lipinski definition) is 0. The fourth-order valence-corrected chi connectivity index (χ4v) is 4.68. The fourth-order valence-electron chi connectivity index (χ4n) is 4.68. The van der Waals surface area contributed by atoms with Crippen LogP contribution < -0.4 is 0 Å². The van der Waals surface area contributed by atoms with Gasteiger partial charge in [-0.3, -0.25) is 14.6 Å². The molecule has 2 heterocycles. The van der Waals surface area contributed by atoms with E-state index in [1.54, 1.807) is 7.11 Å². The Balaban J connectivity index is 2.11. The molecule has 0 N–H and O–H groups in total. The molecule has 0 aromatic heterocycles. The minimum Gasteiger partial charge on any atom is -0.469 e. The van der Waals surface area contributed by atoms with E-state index in [1.165, 1.54) is 7.11 Å². The van der Waals surface area contributed by atoms with Crippen LogP contribution in [0.2, 0.25) is 0 Å². The Kier molecular flexibility index (Phi) is 6.86. The highest BCUT2D eigenvalue weighted by Gasteiger charge is 2.48. The molecule has 0 unspecified atom stereocenters. The Morgan fingerprint density at radius 3 is 2.48 bits per heavy atom. The minimum absolute atomic E-state index is 0.00976. The van der Waals surface area contributed by atoms with Gasteiger partial charge in [-0.15, -0.1) is 0 Å². The molecule has 6 nitrogen and oxygen atoms in total. The van der Waals surface area contributed by atoms with E-state index in [0.29, 0.717) is 6.42 Å². The number of amides is 1. The summed E-state index contributed by atoms with van der Waals surface area (Å²) in [5.74, 6) is -0.176. The van der Waals surface area contributed by atoms with Gasteiger partial charge in [0, 0.05) is 32.5 Å². The molecule has 0 radical (unpaired) electrons. The Morgan fingerprint density at radius 2 is 1.92 bits per heavy atom. The second-order valence-electron chi connectivity index (χ2n) is 7.41. The summed E-state index contributed by atoms with van der Waals surface area (Å²) in [5.41, 5.74) is -0.202. The molecule has 2 aliphatic heterocycles. The van der Waals surface area contributed by atoms with Gasteiger partial charge in [0.1, 0.15) is 0 Å². The number of ether oxygens (including phenoxy) is 2. The van der Waals surface area contributed by atoms with Crippen molar-refractivity contribution in [3.63, 3.8) is 0 Å². The smallest absolute Gasteiger partial charge is 0.305 e. The molecule has 0 aromatic carbocycles. The lowest BCUT2D eigenvalue weighted by molar-refractivity contribution is -0.163. The lowest BCUT2D eigenvalue weighted by Crippen LogP contribution is -2.57. The number of hydrazine groups is 1. The average molecular weight is 354 g/mol. The standard InChI is InChI=1S/C19H34N2O4/c1-6-19(7-2,25-5)16-9-8-11-20(16)21-12-10-15(18(21)23)14(3)13-17(22)24-4/h14-16H,6-13H2,1-5H3/t14-,15-,16+/m1/s1. The molecule has 0 bridgehead atoms. The van der Waals surface area contributed by atoms with Crippen molar-refractivity contribution < 1.29 is 19.1 Å². The van der Waals surface area contributed by atoms with Gasteiger partial charge in [0.25, 0.3) is 0 Å². The SMILES string of the molecule is CCC(CC)(OC)[C@@H]1CCCN1N1CC[C@H]([C@H](C)CC(=O)OC)C1=O. The second kappa shape index (κ2) is 8.49. The van der Waals surface area contributed by atoms with Crippen molar-refractivity contribution >= 4 is 11.9 Å². The molecule has 0 saturated carbocycles. The largest absolute Gasteiger partial charge is 0.469 e. The third kappa shape index (κ3) is 3.85. The molecule has 25 heavy (non-hydrogen) atoms. The monoisotopic (exact) mass is 354 g/mol. The molecule has 0 aliphatic carbocycles. The van der Waals surface area contributed by atoms with Gasteiger partial charge in [-0.2, -0.15) is 0 Å². The number of carbonyl (C=O) groups excluding carboxylic acids is 2. The zero-order valence-electron chi connectivity index (χ0n) is 16.4. The van der Waals surface area contributed by atoms with Gasteiger partial charge in [0.15, 0.2) is 0 Å². The predicted octanol–water partition coefficient (Wildman–Crippen LogP) is 2.62. The summed E-state index contributed by atoms with van der Waals surface area (Å²) in [6.07, 6.45) is 5.12. The maximum atomic E-state index is 13.0. The molecule has 144 valence electrons. The summed E-state index contributed by atoms with van der Waals surface area (Å²) < 4.78 is 10.7. The van der Waals surface area contributed by atoms with Gasteiger partial charge in [0.2, 0.25) is 5.91 Å². The first kappa shape index (κ1) is 20.2. The van der Waals surface area contributed by atoms with Crippen molar-refractivity contribution in [1.29, 1.82) is 0 Å². The zero-order valence-corrected chi connectivity index (χ0v) is 16.4. The minimum atomic E-state index is -0.242. The van der Waals surface area contributed by atoms with Crippen molar-refractivity contribution in [2.45, 2.75) is 70.9 Å². The van der Waals surface area contributed by atoms with Gasteiger partial charge >= 0.3 is 5.97 Å². The Morgan fingerprint density at radius 1 is 1.24 bits per heavy atom. The maximum absolute atomic E-state index is 13.0. The first-order valence-corrected chi connectivity index (χ1v) is 9.63. The van der Waals surface area contributed by atoms with Crippen LogP contribution >= 0.6 is 0 Å². The molecule has 2 rings (SSSR count). The van der Waals surface area contributed by atoms with Crippen LogP contribution in [0.25, 0.3) is 0 Å². The summed E-state index contributed by atoms with van der Waals surface area (Å²) in [5, 5.41) is 4.19. The number of methoxy groups -OCH3 is 2. The van der Waals surface area contributed by atoms with Crippen LogP contribution in [0.3, 0.4) is 0 Å². The molecule has 1 amide bonds. The highest BCUT2D eigenvalue weighted by atomic mass is 16.5. The predicted molar refractivity (Wildman–Crippen MR) is 95.7 cm³/mol. The van der Waals surface area contributed by atoms with Gasteiger partial charge in [-0.1, -0.05) is 20.8 Å². The second-order valence-corrected chi connectivity index (χ2v) is 7.41. The number of hydrogen-bond acceptors (Lipinski definition) is 5. The fraction of sp³-hybridized carbons (Fsp3) is 0.895. The van der Waals surface area contributed by atoms with Crippen LogP contribution in [0, 0.1) is 11.8 Å². The Bertz CT molecular complexity index is 470. The highest BCUT2D eigenvalue weighted by molar-refractivity contribution is 5.81. The van der Waals surface area contributed by atoms with E-state index in [-0.39, 0.29) is 35.4 Å². The lowest BCUT2D eigenvalue weighted by atomic mass is 9.87. The molecule has 6 heteroatoms. The van der Waals surface area contributed by atoms with Gasteiger partial charge in [0.05, 0.1) is 18.8 Å². The molecule has 2 aliphatic rings. The molecule has 3 atom stereocenters. The zero-order chi connectivity index (χ0) is 18.6. The van der Waals surface area contributed by atoms with E-state index in [4.69, 9.17) is 9.47 Å². The van der Waals surface area contributed by atoms with E-state index < -0.39 is 0 Å². The van der Waals surface area contributed by atoms with Crippen molar-refractivity contribution in [2.75, 3.05) is 27.3 Å². The van der Waals surface area contributed by atoms with Crippen LogP contribution in [0.5, 0.6) is 0 Å². The van der Waals surface area contributed by atoms with Gasteiger partial charge < -0.3 is 9.47 Å². The van der Waals surface area contributed by atoms with E-state index in [9.17, 15) is 9.59 Å². The van der Waals surface area contributed by atoms with Crippen LogP contribution in [0.4, 0.5) is 0 Å².